The molecular weight excluding hydrogens is 174 g/mol. The Bertz CT molecular complexity index is 308. The molecule has 0 spiro atoms. The maximum atomic E-state index is 10.4. The number of hydrogen-bond donors (Lipinski definition) is 2. The van der Waals surface area contributed by atoms with Gasteiger partial charge in [0.2, 0.25) is 5.89 Å². The first-order chi connectivity index (χ1) is 6.02. The van der Waals surface area contributed by atoms with Gasteiger partial charge in [-0.3, -0.25) is 0 Å². The van der Waals surface area contributed by atoms with Crippen LogP contribution in [0.2, 0.25) is 0 Å². The van der Waals surface area contributed by atoms with Crippen molar-refractivity contribution in [3.63, 3.8) is 0 Å². The van der Waals surface area contributed by atoms with E-state index in [1.54, 1.807) is 0 Å². The van der Waals surface area contributed by atoms with Gasteiger partial charge in [-0.05, 0) is 11.1 Å². The van der Waals surface area contributed by atoms with Crippen LogP contribution in [0.5, 0.6) is 0 Å². The van der Waals surface area contributed by atoms with E-state index in [1.807, 2.05) is 13.8 Å². The van der Waals surface area contributed by atoms with Crippen LogP contribution in [0, 0.1) is 5.92 Å². The van der Waals surface area contributed by atoms with Gasteiger partial charge in [0.15, 0.2) is 0 Å². The third kappa shape index (κ3) is 2.03. The maximum absolute atomic E-state index is 10.4. The van der Waals surface area contributed by atoms with E-state index in [0.29, 0.717) is 0 Å². The summed E-state index contributed by atoms with van der Waals surface area (Å²) in [5.41, 5.74) is 5.66. The Morgan fingerprint density at radius 2 is 2.23 bits per heavy atom. The van der Waals surface area contributed by atoms with E-state index in [2.05, 4.69) is 14.7 Å². The highest BCUT2D eigenvalue weighted by Crippen LogP contribution is 2.16. The summed E-state index contributed by atoms with van der Waals surface area (Å²) in [5, 5.41) is 11.7. The molecule has 1 aromatic heterocycles. The molecule has 1 rings (SSSR count). The van der Waals surface area contributed by atoms with Crippen LogP contribution in [-0.4, -0.2) is 21.2 Å². The van der Waals surface area contributed by atoms with Crippen LogP contribution in [0.4, 0.5) is 0 Å². The predicted molar refractivity (Wildman–Crippen MR) is 43.0 cm³/mol. The van der Waals surface area contributed by atoms with Gasteiger partial charge in [0.05, 0.1) is 6.04 Å². The number of aromatic carboxylic acids is 1. The molecule has 6 nitrogen and oxygen atoms in total. The topological polar surface area (TPSA) is 102 Å². The number of hydrogen-bond acceptors (Lipinski definition) is 5. The Balaban J connectivity index is 2.85. The number of carboxylic acid groups (broad SMARTS) is 1. The second kappa shape index (κ2) is 3.53. The Morgan fingerprint density at radius 3 is 2.62 bits per heavy atom. The lowest BCUT2D eigenvalue weighted by molar-refractivity contribution is 0.0680. The molecule has 1 heterocycles. The van der Waals surface area contributed by atoms with Crippen molar-refractivity contribution in [3.05, 3.63) is 11.7 Å². The van der Waals surface area contributed by atoms with Crippen molar-refractivity contribution < 1.29 is 14.4 Å². The lowest BCUT2D eigenvalue weighted by atomic mass is 10.1. The molecule has 0 bridgehead atoms. The molecule has 0 fully saturated rings. The second-order valence-electron chi connectivity index (χ2n) is 3.03. The van der Waals surface area contributed by atoms with Crippen LogP contribution < -0.4 is 5.73 Å². The monoisotopic (exact) mass is 185 g/mol. The second-order valence-corrected chi connectivity index (χ2v) is 3.03. The van der Waals surface area contributed by atoms with Crippen LogP contribution >= 0.6 is 0 Å². The Hall–Kier alpha value is -1.43. The highest BCUT2D eigenvalue weighted by molar-refractivity contribution is 5.82. The van der Waals surface area contributed by atoms with Crippen LogP contribution in [0.15, 0.2) is 4.52 Å². The average Bonchev–Trinajstić information content (AvgIpc) is 2.50. The molecule has 0 saturated carbocycles. The summed E-state index contributed by atoms with van der Waals surface area (Å²) in [6, 6.07) is -0.416. The van der Waals surface area contributed by atoms with Gasteiger partial charge in [-0.15, -0.1) is 0 Å². The largest absolute Gasteiger partial charge is 0.475 e. The molecule has 13 heavy (non-hydrogen) atoms. The van der Waals surface area contributed by atoms with Crippen molar-refractivity contribution >= 4 is 5.97 Å². The summed E-state index contributed by atoms with van der Waals surface area (Å²) in [6.45, 7) is 3.77. The van der Waals surface area contributed by atoms with Gasteiger partial charge < -0.3 is 15.4 Å². The van der Waals surface area contributed by atoms with Gasteiger partial charge >= 0.3 is 5.97 Å². The van der Waals surface area contributed by atoms with Crippen LogP contribution in [0.25, 0.3) is 0 Å². The van der Waals surface area contributed by atoms with E-state index in [4.69, 9.17) is 10.8 Å². The highest BCUT2D eigenvalue weighted by atomic mass is 16.5. The first-order valence-electron chi connectivity index (χ1n) is 3.85. The number of carboxylic acids is 1. The van der Waals surface area contributed by atoms with Crippen molar-refractivity contribution in [2.45, 2.75) is 19.9 Å². The minimum atomic E-state index is -1.22. The maximum Gasteiger partial charge on any atom is 0.377 e. The first kappa shape index (κ1) is 9.66. The fourth-order valence-corrected chi connectivity index (χ4v) is 0.743. The summed E-state index contributed by atoms with van der Waals surface area (Å²) < 4.78 is 4.68. The fourth-order valence-electron chi connectivity index (χ4n) is 0.743. The Kier molecular flexibility index (Phi) is 2.62. The normalized spacial score (nSPS) is 13.2. The molecule has 0 unspecified atom stereocenters. The van der Waals surface area contributed by atoms with E-state index in [0.717, 1.165) is 0 Å². The van der Waals surface area contributed by atoms with Gasteiger partial charge in [-0.1, -0.05) is 13.8 Å². The fraction of sp³-hybridized carbons (Fsp3) is 0.571. The Labute approximate surface area is 74.7 Å². The molecule has 0 aliphatic heterocycles. The molecule has 3 N–H and O–H groups in total. The molecule has 0 saturated heterocycles. The predicted octanol–water partition coefficient (Wildman–Crippen LogP) is 0.424. The van der Waals surface area contributed by atoms with Gasteiger partial charge in [0, 0.05) is 0 Å². The molecule has 0 aliphatic rings. The summed E-state index contributed by atoms with van der Waals surface area (Å²) >= 11 is 0. The van der Waals surface area contributed by atoms with E-state index >= 15 is 0 Å². The van der Waals surface area contributed by atoms with E-state index in [-0.39, 0.29) is 17.6 Å². The number of carbonyl (C=O) groups is 1. The van der Waals surface area contributed by atoms with E-state index < -0.39 is 12.0 Å². The standard InChI is InChI=1S/C7H11N3O3/c1-3(2)4(8)6-9-5(7(11)12)10-13-6/h3-4H,8H2,1-2H3,(H,11,12)/t4-/m1/s1. The zero-order valence-corrected chi connectivity index (χ0v) is 7.39. The minimum absolute atomic E-state index is 0.127. The van der Waals surface area contributed by atoms with Crippen LogP contribution in [-0.2, 0) is 0 Å². The summed E-state index contributed by atoms with van der Waals surface area (Å²) in [6.07, 6.45) is 0. The van der Waals surface area contributed by atoms with Gasteiger partial charge in [-0.25, -0.2) is 4.79 Å². The van der Waals surface area contributed by atoms with Gasteiger partial charge in [0.25, 0.3) is 5.82 Å². The summed E-state index contributed by atoms with van der Waals surface area (Å²) in [5.74, 6) is -1.29. The molecular formula is C7H11N3O3. The van der Waals surface area contributed by atoms with Gasteiger partial charge in [-0.2, -0.15) is 4.98 Å². The van der Waals surface area contributed by atoms with Crippen molar-refractivity contribution in [1.29, 1.82) is 0 Å². The Morgan fingerprint density at radius 1 is 1.62 bits per heavy atom. The quantitative estimate of drug-likeness (QED) is 0.707. The number of rotatable bonds is 3. The molecule has 6 heteroatoms. The van der Waals surface area contributed by atoms with Crippen molar-refractivity contribution in [2.75, 3.05) is 0 Å². The van der Waals surface area contributed by atoms with Crippen molar-refractivity contribution in [3.8, 4) is 0 Å². The third-order valence-corrected chi connectivity index (χ3v) is 1.64. The highest BCUT2D eigenvalue weighted by Gasteiger charge is 2.20. The summed E-state index contributed by atoms with van der Waals surface area (Å²) in [7, 11) is 0. The molecule has 0 amide bonds. The zero-order chi connectivity index (χ0) is 10.0. The lowest BCUT2D eigenvalue weighted by Gasteiger charge is -2.08. The number of nitrogens with two attached hydrogens (primary N) is 1. The molecule has 0 aromatic carbocycles. The lowest BCUT2D eigenvalue weighted by Crippen LogP contribution is -2.17. The smallest absolute Gasteiger partial charge is 0.377 e. The first-order valence-corrected chi connectivity index (χ1v) is 3.85. The van der Waals surface area contributed by atoms with Gasteiger partial charge in [0.1, 0.15) is 0 Å². The zero-order valence-electron chi connectivity index (χ0n) is 7.39. The molecule has 0 aliphatic carbocycles. The molecule has 1 aromatic rings. The van der Waals surface area contributed by atoms with E-state index in [9.17, 15) is 4.79 Å². The number of aromatic nitrogens is 2. The molecule has 72 valence electrons. The summed E-state index contributed by atoms with van der Waals surface area (Å²) in [4.78, 5) is 14.0. The molecule has 1 atom stereocenters. The average molecular weight is 185 g/mol. The van der Waals surface area contributed by atoms with E-state index in [1.165, 1.54) is 0 Å². The van der Waals surface area contributed by atoms with Crippen molar-refractivity contribution in [2.24, 2.45) is 11.7 Å². The minimum Gasteiger partial charge on any atom is -0.475 e. The van der Waals surface area contributed by atoms with Crippen LogP contribution in [0.1, 0.15) is 36.4 Å². The number of nitrogens with zero attached hydrogens (tertiary/aromatic N) is 2. The van der Waals surface area contributed by atoms with Crippen LogP contribution in [0.3, 0.4) is 0 Å². The molecule has 0 radical (unpaired) electrons. The van der Waals surface area contributed by atoms with Crippen molar-refractivity contribution in [1.82, 2.24) is 10.1 Å². The SMILES string of the molecule is CC(C)[C@@H](N)c1nc(C(=O)O)no1. The third-order valence-electron chi connectivity index (χ3n) is 1.64.